The summed E-state index contributed by atoms with van der Waals surface area (Å²) in [5.41, 5.74) is 9.28. The SMILES string of the molecule is CC(C)(C)O.Cc1ccc(-c2c(CC(=O)O)c(C)c3c4c2cc(COCc2ccccc2)n4CCN3C)cc1. The molecule has 0 bridgehead atoms. The number of rotatable bonds is 7. The Bertz CT molecular complexity index is 1440. The number of benzene rings is 3. The van der Waals surface area contributed by atoms with Crippen LogP contribution >= 0.6 is 0 Å². The average Bonchev–Trinajstić information content (AvgIpc) is 3.21. The molecule has 2 heterocycles. The molecule has 6 nitrogen and oxygen atoms in total. The predicted molar refractivity (Wildman–Crippen MR) is 158 cm³/mol. The second-order valence-corrected chi connectivity index (χ2v) is 11.4. The molecule has 4 aromatic rings. The molecular weight excluding hydrogens is 488 g/mol. The number of likely N-dealkylation sites (N-methyl/N-ethyl adjacent to an activating group) is 1. The fourth-order valence-electron chi connectivity index (χ4n) is 5.19. The van der Waals surface area contributed by atoms with E-state index in [1.54, 1.807) is 20.8 Å². The fraction of sp³-hybridized carbons (Fsp3) is 0.364. The van der Waals surface area contributed by atoms with Gasteiger partial charge >= 0.3 is 5.97 Å². The number of anilines is 1. The Morgan fingerprint density at radius 3 is 2.23 bits per heavy atom. The van der Waals surface area contributed by atoms with Crippen molar-refractivity contribution < 1.29 is 19.7 Å². The summed E-state index contributed by atoms with van der Waals surface area (Å²) in [7, 11) is 2.10. The third-order valence-corrected chi connectivity index (χ3v) is 6.86. The van der Waals surface area contributed by atoms with Crippen molar-refractivity contribution in [2.24, 2.45) is 0 Å². The second-order valence-electron chi connectivity index (χ2n) is 11.4. The second kappa shape index (κ2) is 11.6. The smallest absolute Gasteiger partial charge is 0.307 e. The molecule has 0 amide bonds. The van der Waals surface area contributed by atoms with Gasteiger partial charge in [-0.15, -0.1) is 0 Å². The lowest BCUT2D eigenvalue weighted by molar-refractivity contribution is -0.136. The van der Waals surface area contributed by atoms with Crippen molar-refractivity contribution in [1.29, 1.82) is 0 Å². The number of aromatic nitrogens is 1. The highest BCUT2D eigenvalue weighted by Gasteiger charge is 2.28. The molecule has 2 N–H and O–H groups in total. The van der Waals surface area contributed by atoms with Crippen molar-refractivity contribution in [3.8, 4) is 11.1 Å². The van der Waals surface area contributed by atoms with Crippen LogP contribution in [0.1, 0.15) is 48.7 Å². The van der Waals surface area contributed by atoms with E-state index >= 15 is 0 Å². The van der Waals surface area contributed by atoms with E-state index in [1.807, 2.05) is 18.2 Å². The maximum Gasteiger partial charge on any atom is 0.307 e. The van der Waals surface area contributed by atoms with E-state index in [0.29, 0.717) is 13.2 Å². The first-order valence-electron chi connectivity index (χ1n) is 13.5. The van der Waals surface area contributed by atoms with Crippen LogP contribution in [0, 0.1) is 13.8 Å². The molecule has 0 aliphatic carbocycles. The standard InChI is InChI=1S/C29H30N2O3.C4H10O/c1-19-9-11-22(12-10-19)27-24(16-26(32)33)20(2)28-29-25(27)15-23(31(29)14-13-30(28)3)18-34-17-21-7-5-4-6-8-21;1-4(2,3)5/h4-12,15H,13-14,16-18H2,1-3H3,(H,32,33);5H,1-3H3. The van der Waals surface area contributed by atoms with Crippen molar-refractivity contribution in [3.63, 3.8) is 0 Å². The van der Waals surface area contributed by atoms with Crippen molar-refractivity contribution in [1.82, 2.24) is 4.57 Å². The molecule has 1 aromatic heterocycles. The van der Waals surface area contributed by atoms with Gasteiger partial charge in [0.25, 0.3) is 0 Å². The number of nitrogens with zero attached hydrogens (tertiary/aromatic N) is 2. The van der Waals surface area contributed by atoms with Gasteiger partial charge in [-0.3, -0.25) is 4.79 Å². The van der Waals surface area contributed by atoms with Crippen LogP contribution in [0.4, 0.5) is 5.69 Å². The first-order chi connectivity index (χ1) is 18.4. The van der Waals surface area contributed by atoms with Gasteiger partial charge in [0.15, 0.2) is 0 Å². The molecular formula is C33H40N2O4. The highest BCUT2D eigenvalue weighted by Crippen LogP contribution is 2.44. The number of hydrogen-bond donors (Lipinski definition) is 2. The molecule has 3 aromatic carbocycles. The highest BCUT2D eigenvalue weighted by molar-refractivity contribution is 6.07. The van der Waals surface area contributed by atoms with E-state index in [9.17, 15) is 9.90 Å². The topological polar surface area (TPSA) is 74.9 Å². The number of aliphatic carboxylic acids is 1. The van der Waals surface area contributed by atoms with Crippen LogP contribution in [0.15, 0.2) is 60.7 Å². The summed E-state index contributed by atoms with van der Waals surface area (Å²) in [5.74, 6) is -0.813. The maximum atomic E-state index is 11.9. The minimum atomic E-state index is -0.813. The molecule has 0 radical (unpaired) electrons. The van der Waals surface area contributed by atoms with Gasteiger partial charge in [0, 0.05) is 31.2 Å². The Balaban J connectivity index is 0.000000648. The zero-order valence-corrected chi connectivity index (χ0v) is 23.9. The number of hydrogen-bond acceptors (Lipinski definition) is 4. The summed E-state index contributed by atoms with van der Waals surface area (Å²) in [6, 6.07) is 20.8. The molecule has 0 fully saturated rings. The zero-order chi connectivity index (χ0) is 28.3. The van der Waals surface area contributed by atoms with Crippen LogP contribution in [0.5, 0.6) is 0 Å². The summed E-state index contributed by atoms with van der Waals surface area (Å²) in [6.07, 6.45) is -0.00313. The number of carboxylic acid groups (broad SMARTS) is 1. The van der Waals surface area contributed by atoms with Gasteiger partial charge in [-0.05, 0) is 68.5 Å². The number of ether oxygens (including phenoxy) is 1. The Morgan fingerprint density at radius 2 is 1.62 bits per heavy atom. The molecule has 0 atom stereocenters. The number of aryl methyl sites for hydroxylation is 1. The third kappa shape index (κ3) is 6.70. The van der Waals surface area contributed by atoms with E-state index in [4.69, 9.17) is 9.84 Å². The van der Waals surface area contributed by atoms with Gasteiger partial charge in [-0.1, -0.05) is 60.2 Å². The summed E-state index contributed by atoms with van der Waals surface area (Å²) in [5, 5.41) is 19.4. The average molecular weight is 529 g/mol. The predicted octanol–water partition coefficient (Wildman–Crippen LogP) is 6.50. The number of carbonyl (C=O) groups is 1. The zero-order valence-electron chi connectivity index (χ0n) is 23.9. The highest BCUT2D eigenvalue weighted by atomic mass is 16.5. The summed E-state index contributed by atoms with van der Waals surface area (Å²) in [4.78, 5) is 14.2. The van der Waals surface area contributed by atoms with Gasteiger partial charge < -0.3 is 24.4 Å². The van der Waals surface area contributed by atoms with Crippen LogP contribution in [-0.4, -0.2) is 39.9 Å². The van der Waals surface area contributed by atoms with Crippen molar-refractivity contribution in [2.75, 3.05) is 18.5 Å². The van der Waals surface area contributed by atoms with Crippen LogP contribution in [0.3, 0.4) is 0 Å². The Kier molecular flexibility index (Phi) is 8.48. The summed E-state index contributed by atoms with van der Waals surface area (Å²) in [6.45, 7) is 12.2. The Hall–Kier alpha value is -3.61. The van der Waals surface area contributed by atoms with Gasteiger partial charge in [0.05, 0.1) is 36.4 Å². The molecule has 206 valence electrons. The molecule has 0 saturated heterocycles. The first kappa shape index (κ1) is 28.4. The van der Waals surface area contributed by atoms with Crippen LogP contribution < -0.4 is 4.90 Å². The normalized spacial score (nSPS) is 12.8. The van der Waals surface area contributed by atoms with Gasteiger partial charge in [-0.2, -0.15) is 0 Å². The lowest BCUT2D eigenvalue weighted by Gasteiger charge is -2.31. The minimum Gasteiger partial charge on any atom is -0.481 e. The number of carboxylic acids is 1. The van der Waals surface area contributed by atoms with E-state index in [0.717, 1.165) is 57.7 Å². The van der Waals surface area contributed by atoms with Crippen molar-refractivity contribution in [3.05, 3.63) is 88.6 Å². The maximum absolute atomic E-state index is 11.9. The quantitative estimate of drug-likeness (QED) is 0.287. The molecule has 1 aliphatic heterocycles. The van der Waals surface area contributed by atoms with Gasteiger partial charge in [0.2, 0.25) is 0 Å². The molecule has 39 heavy (non-hydrogen) atoms. The van der Waals surface area contributed by atoms with E-state index in [2.05, 4.69) is 72.8 Å². The van der Waals surface area contributed by atoms with E-state index in [1.165, 1.54) is 11.1 Å². The summed E-state index contributed by atoms with van der Waals surface area (Å²) < 4.78 is 8.49. The van der Waals surface area contributed by atoms with Crippen molar-refractivity contribution >= 4 is 22.6 Å². The van der Waals surface area contributed by atoms with E-state index < -0.39 is 11.6 Å². The molecule has 0 spiro atoms. The Labute approximate surface area is 231 Å². The molecule has 0 unspecified atom stereocenters. The molecule has 0 saturated carbocycles. The molecule has 5 rings (SSSR count). The van der Waals surface area contributed by atoms with Gasteiger partial charge in [0.1, 0.15) is 0 Å². The van der Waals surface area contributed by atoms with Crippen LogP contribution in [0.2, 0.25) is 0 Å². The molecule has 1 aliphatic rings. The largest absolute Gasteiger partial charge is 0.481 e. The minimum absolute atomic E-state index is 0.00313. The number of aliphatic hydroxyl groups is 1. The fourth-order valence-corrected chi connectivity index (χ4v) is 5.19. The first-order valence-corrected chi connectivity index (χ1v) is 13.5. The summed E-state index contributed by atoms with van der Waals surface area (Å²) >= 11 is 0. The lowest BCUT2D eigenvalue weighted by Crippen LogP contribution is -2.29. The lowest BCUT2D eigenvalue weighted by atomic mass is 9.88. The van der Waals surface area contributed by atoms with Gasteiger partial charge in [-0.25, -0.2) is 0 Å². The monoisotopic (exact) mass is 528 g/mol. The van der Waals surface area contributed by atoms with Crippen LogP contribution in [0.25, 0.3) is 22.0 Å². The molecule has 6 heteroatoms. The van der Waals surface area contributed by atoms with Crippen molar-refractivity contribution in [2.45, 2.75) is 66.4 Å². The third-order valence-electron chi connectivity index (χ3n) is 6.86. The Morgan fingerprint density at radius 1 is 0.974 bits per heavy atom. The van der Waals surface area contributed by atoms with E-state index in [-0.39, 0.29) is 6.42 Å². The van der Waals surface area contributed by atoms with Crippen LogP contribution in [-0.2, 0) is 35.7 Å².